The number of benzene rings is 1. The maximum absolute atomic E-state index is 12.6. The molecule has 1 aromatic rings. The summed E-state index contributed by atoms with van der Waals surface area (Å²) in [5.41, 5.74) is 0.0337. The van der Waals surface area contributed by atoms with Crippen LogP contribution in [0, 0.1) is 5.41 Å². The number of hydrogen-bond acceptors (Lipinski definition) is 5. The SMILES string of the molecule is COc1cc(CCC(=O)N2CCCC(C)(C(=O)O)C2)cc(OC)c1OC. The second-order valence-electron chi connectivity index (χ2n) is 6.82. The standard InChI is InChI=1S/C19H27NO6/c1-19(18(22)23)8-5-9-20(12-19)16(21)7-6-13-10-14(24-2)17(26-4)15(11-13)25-3/h10-11H,5-9,12H2,1-4H3,(H,22,23). The Morgan fingerprint density at radius 2 is 1.77 bits per heavy atom. The van der Waals surface area contributed by atoms with Crippen LogP contribution in [0.25, 0.3) is 0 Å². The third-order valence-corrected chi connectivity index (χ3v) is 4.92. The minimum atomic E-state index is -0.861. The van der Waals surface area contributed by atoms with Gasteiger partial charge in [-0.1, -0.05) is 0 Å². The van der Waals surface area contributed by atoms with Crippen molar-refractivity contribution in [3.8, 4) is 17.2 Å². The molecule has 0 spiro atoms. The molecule has 0 aliphatic carbocycles. The van der Waals surface area contributed by atoms with Crippen LogP contribution in [0.1, 0.15) is 31.7 Å². The highest BCUT2D eigenvalue weighted by Crippen LogP contribution is 2.38. The van der Waals surface area contributed by atoms with Crippen molar-refractivity contribution in [2.45, 2.75) is 32.6 Å². The van der Waals surface area contributed by atoms with E-state index in [4.69, 9.17) is 14.2 Å². The molecule has 0 bridgehead atoms. The van der Waals surface area contributed by atoms with Crippen molar-refractivity contribution in [3.63, 3.8) is 0 Å². The molecule has 0 radical (unpaired) electrons. The monoisotopic (exact) mass is 365 g/mol. The van der Waals surface area contributed by atoms with Gasteiger partial charge in [-0.15, -0.1) is 0 Å². The summed E-state index contributed by atoms with van der Waals surface area (Å²) in [6.45, 7) is 2.57. The number of aliphatic carboxylic acids is 1. The number of nitrogens with zero attached hydrogens (tertiary/aromatic N) is 1. The van der Waals surface area contributed by atoms with E-state index in [0.717, 1.165) is 5.56 Å². The fourth-order valence-corrected chi connectivity index (χ4v) is 3.32. The molecule has 1 aliphatic rings. The Labute approximate surface area is 153 Å². The smallest absolute Gasteiger partial charge is 0.311 e. The number of carboxylic acid groups (broad SMARTS) is 1. The lowest BCUT2D eigenvalue weighted by atomic mass is 9.82. The summed E-state index contributed by atoms with van der Waals surface area (Å²) >= 11 is 0. The van der Waals surface area contributed by atoms with E-state index in [1.807, 2.05) is 12.1 Å². The van der Waals surface area contributed by atoms with E-state index in [1.54, 1.807) is 33.2 Å². The summed E-state index contributed by atoms with van der Waals surface area (Å²) in [6, 6.07) is 3.65. The first kappa shape index (κ1) is 19.9. The molecule has 1 saturated heterocycles. The molecular formula is C19H27NO6. The quantitative estimate of drug-likeness (QED) is 0.798. The highest BCUT2D eigenvalue weighted by Gasteiger charge is 2.39. The Hall–Kier alpha value is -2.44. The van der Waals surface area contributed by atoms with Gasteiger partial charge >= 0.3 is 5.97 Å². The predicted octanol–water partition coefficient (Wildman–Crippen LogP) is 2.36. The Bertz CT molecular complexity index is 649. The molecule has 26 heavy (non-hydrogen) atoms. The molecule has 144 valence electrons. The molecule has 1 fully saturated rings. The van der Waals surface area contributed by atoms with Crippen LogP contribution in [-0.4, -0.2) is 56.3 Å². The molecule has 1 heterocycles. The number of likely N-dealkylation sites (tertiary alicyclic amines) is 1. The number of carbonyl (C=O) groups excluding carboxylic acids is 1. The van der Waals surface area contributed by atoms with E-state index in [0.29, 0.717) is 49.5 Å². The van der Waals surface area contributed by atoms with Crippen molar-refractivity contribution < 1.29 is 28.9 Å². The van der Waals surface area contributed by atoms with Crippen LogP contribution >= 0.6 is 0 Å². The molecule has 1 N–H and O–H groups in total. The largest absolute Gasteiger partial charge is 0.493 e. The van der Waals surface area contributed by atoms with Crippen LogP contribution in [0.5, 0.6) is 17.2 Å². The number of aryl methyl sites for hydroxylation is 1. The van der Waals surface area contributed by atoms with Crippen LogP contribution in [-0.2, 0) is 16.0 Å². The van der Waals surface area contributed by atoms with Crippen molar-refractivity contribution in [1.82, 2.24) is 4.90 Å². The molecule has 2 rings (SSSR count). The van der Waals surface area contributed by atoms with Gasteiger partial charge in [0.2, 0.25) is 11.7 Å². The van der Waals surface area contributed by atoms with Crippen molar-refractivity contribution >= 4 is 11.9 Å². The molecule has 7 heteroatoms. The summed E-state index contributed by atoms with van der Waals surface area (Å²) in [7, 11) is 4.64. The highest BCUT2D eigenvalue weighted by atomic mass is 16.5. The summed E-state index contributed by atoms with van der Waals surface area (Å²) < 4.78 is 16.0. The second-order valence-corrected chi connectivity index (χ2v) is 6.82. The first-order valence-corrected chi connectivity index (χ1v) is 8.64. The lowest BCUT2D eigenvalue weighted by Gasteiger charge is -2.37. The fourth-order valence-electron chi connectivity index (χ4n) is 3.32. The molecule has 1 aromatic carbocycles. The summed E-state index contributed by atoms with van der Waals surface area (Å²) in [5.74, 6) is 0.723. The van der Waals surface area contributed by atoms with Crippen molar-refractivity contribution in [2.75, 3.05) is 34.4 Å². The lowest BCUT2D eigenvalue weighted by Crippen LogP contribution is -2.48. The number of amides is 1. The summed E-state index contributed by atoms with van der Waals surface area (Å²) in [6.07, 6.45) is 2.11. The Kier molecular flexibility index (Phi) is 6.34. The first-order valence-electron chi connectivity index (χ1n) is 8.64. The van der Waals surface area contributed by atoms with Gasteiger partial charge in [0.1, 0.15) is 0 Å². The van der Waals surface area contributed by atoms with Crippen LogP contribution in [0.15, 0.2) is 12.1 Å². The Morgan fingerprint density at radius 3 is 2.27 bits per heavy atom. The first-order chi connectivity index (χ1) is 12.3. The van der Waals surface area contributed by atoms with E-state index < -0.39 is 11.4 Å². The van der Waals surface area contributed by atoms with Crippen LogP contribution in [0.2, 0.25) is 0 Å². The van der Waals surface area contributed by atoms with Gasteiger partial charge in [-0.25, -0.2) is 0 Å². The van der Waals surface area contributed by atoms with E-state index in [9.17, 15) is 14.7 Å². The van der Waals surface area contributed by atoms with Gasteiger partial charge in [-0.2, -0.15) is 0 Å². The van der Waals surface area contributed by atoms with Gasteiger partial charge in [0.25, 0.3) is 0 Å². The predicted molar refractivity (Wildman–Crippen MR) is 96.0 cm³/mol. The Balaban J connectivity index is 2.06. The van der Waals surface area contributed by atoms with E-state index >= 15 is 0 Å². The van der Waals surface area contributed by atoms with E-state index in [-0.39, 0.29) is 12.5 Å². The number of methoxy groups -OCH3 is 3. The number of carbonyl (C=O) groups is 2. The van der Waals surface area contributed by atoms with Gasteiger partial charge in [0.05, 0.1) is 26.7 Å². The third-order valence-electron chi connectivity index (χ3n) is 4.92. The molecule has 0 aromatic heterocycles. The number of piperidine rings is 1. The molecule has 1 aliphatic heterocycles. The van der Waals surface area contributed by atoms with Gasteiger partial charge in [-0.3, -0.25) is 9.59 Å². The molecule has 1 atom stereocenters. The molecule has 1 unspecified atom stereocenters. The number of rotatable bonds is 7. The van der Waals surface area contributed by atoms with Gasteiger partial charge in [0, 0.05) is 19.5 Å². The molecular weight excluding hydrogens is 338 g/mol. The molecule has 7 nitrogen and oxygen atoms in total. The minimum Gasteiger partial charge on any atom is -0.493 e. The maximum Gasteiger partial charge on any atom is 0.311 e. The zero-order valence-corrected chi connectivity index (χ0v) is 15.8. The van der Waals surface area contributed by atoms with Crippen LogP contribution in [0.4, 0.5) is 0 Å². The number of carboxylic acids is 1. The number of hydrogen-bond donors (Lipinski definition) is 1. The topological polar surface area (TPSA) is 85.3 Å². The number of ether oxygens (including phenoxy) is 3. The molecule has 1 amide bonds. The van der Waals surface area contributed by atoms with Gasteiger partial charge in [0.15, 0.2) is 11.5 Å². The third kappa shape index (κ3) is 4.20. The van der Waals surface area contributed by atoms with Gasteiger partial charge < -0.3 is 24.2 Å². The second kappa shape index (κ2) is 8.29. The maximum atomic E-state index is 12.6. The fraction of sp³-hybridized carbons (Fsp3) is 0.579. The molecule has 0 saturated carbocycles. The van der Waals surface area contributed by atoms with Crippen LogP contribution in [0.3, 0.4) is 0 Å². The minimum absolute atomic E-state index is 0.0362. The van der Waals surface area contributed by atoms with E-state index in [1.165, 1.54) is 0 Å². The summed E-state index contributed by atoms with van der Waals surface area (Å²) in [4.78, 5) is 25.7. The zero-order chi connectivity index (χ0) is 19.3. The van der Waals surface area contributed by atoms with E-state index in [2.05, 4.69) is 0 Å². The highest BCUT2D eigenvalue weighted by molar-refractivity contribution is 5.79. The average Bonchev–Trinajstić information content (AvgIpc) is 2.64. The van der Waals surface area contributed by atoms with Crippen molar-refractivity contribution in [2.24, 2.45) is 5.41 Å². The average molecular weight is 365 g/mol. The zero-order valence-electron chi connectivity index (χ0n) is 15.8. The Morgan fingerprint density at radius 1 is 1.15 bits per heavy atom. The lowest BCUT2D eigenvalue weighted by molar-refractivity contribution is -0.153. The van der Waals surface area contributed by atoms with Crippen molar-refractivity contribution in [1.29, 1.82) is 0 Å². The van der Waals surface area contributed by atoms with Crippen molar-refractivity contribution in [3.05, 3.63) is 17.7 Å². The van der Waals surface area contributed by atoms with Gasteiger partial charge in [-0.05, 0) is 43.9 Å². The summed E-state index contributed by atoms with van der Waals surface area (Å²) in [5, 5.41) is 9.39. The normalized spacial score (nSPS) is 19.8. The van der Waals surface area contributed by atoms with Crippen LogP contribution < -0.4 is 14.2 Å².